The van der Waals surface area contributed by atoms with E-state index in [1.165, 1.54) is 6.92 Å². The number of nitrogens with two attached hydrogens (primary N) is 1. The van der Waals surface area contributed by atoms with Gasteiger partial charge in [-0.25, -0.2) is 0 Å². The fourth-order valence-corrected chi connectivity index (χ4v) is 2.13. The Hall–Kier alpha value is -2.36. The fourth-order valence-electron chi connectivity index (χ4n) is 2.13. The van der Waals surface area contributed by atoms with Gasteiger partial charge in [0.25, 0.3) is 0 Å². The summed E-state index contributed by atoms with van der Waals surface area (Å²) in [6.07, 6.45) is 0. The van der Waals surface area contributed by atoms with Crippen LogP contribution in [0, 0.1) is 6.92 Å². The Morgan fingerprint density at radius 1 is 1.30 bits per heavy atom. The van der Waals surface area contributed by atoms with Crippen molar-refractivity contribution in [2.75, 3.05) is 17.7 Å². The average Bonchev–Trinajstić information content (AvgIpc) is 2.38. The molecular formula is C16H19N3O. The minimum Gasteiger partial charge on any atom is -0.398 e. The zero-order valence-electron chi connectivity index (χ0n) is 12.1. The zero-order valence-corrected chi connectivity index (χ0v) is 12.1. The topological polar surface area (TPSA) is 59.2 Å². The number of hydrogen-bond acceptors (Lipinski definition) is 4. The van der Waals surface area contributed by atoms with Crippen LogP contribution >= 0.6 is 0 Å². The summed E-state index contributed by atoms with van der Waals surface area (Å²) >= 11 is 0. The predicted octanol–water partition coefficient (Wildman–Crippen LogP) is 2.81. The minimum absolute atomic E-state index is 0.0166. The van der Waals surface area contributed by atoms with E-state index in [0.29, 0.717) is 17.8 Å². The van der Waals surface area contributed by atoms with Crippen LogP contribution in [0.4, 0.5) is 11.4 Å². The first kappa shape index (κ1) is 14.1. The summed E-state index contributed by atoms with van der Waals surface area (Å²) in [5, 5.41) is 0. The molecule has 0 aliphatic carbocycles. The zero-order chi connectivity index (χ0) is 14.7. The van der Waals surface area contributed by atoms with Gasteiger partial charge in [0.15, 0.2) is 5.78 Å². The van der Waals surface area contributed by atoms with E-state index in [4.69, 9.17) is 5.73 Å². The first-order valence-electron chi connectivity index (χ1n) is 6.51. The lowest BCUT2D eigenvalue weighted by molar-refractivity contribution is 0.101. The molecule has 4 nitrogen and oxygen atoms in total. The van der Waals surface area contributed by atoms with Crippen molar-refractivity contribution in [1.82, 2.24) is 4.98 Å². The number of nitrogen functional groups attached to an aromatic ring is 1. The van der Waals surface area contributed by atoms with Crippen molar-refractivity contribution in [2.24, 2.45) is 0 Å². The lowest BCUT2D eigenvalue weighted by atomic mass is 10.1. The van der Waals surface area contributed by atoms with Gasteiger partial charge in [-0.2, -0.15) is 0 Å². The van der Waals surface area contributed by atoms with Gasteiger partial charge in [-0.05, 0) is 44.2 Å². The summed E-state index contributed by atoms with van der Waals surface area (Å²) < 4.78 is 0. The number of carbonyl (C=O) groups is 1. The van der Waals surface area contributed by atoms with Gasteiger partial charge in [0, 0.05) is 29.7 Å². The molecule has 0 aliphatic rings. The van der Waals surface area contributed by atoms with Crippen molar-refractivity contribution in [3.8, 4) is 0 Å². The second kappa shape index (κ2) is 5.74. The van der Waals surface area contributed by atoms with Crippen molar-refractivity contribution in [3.63, 3.8) is 0 Å². The van der Waals surface area contributed by atoms with Crippen LogP contribution in [0.2, 0.25) is 0 Å². The third kappa shape index (κ3) is 3.15. The minimum atomic E-state index is -0.0166. The molecule has 0 fully saturated rings. The molecule has 20 heavy (non-hydrogen) atoms. The van der Waals surface area contributed by atoms with Crippen molar-refractivity contribution >= 4 is 17.2 Å². The first-order valence-corrected chi connectivity index (χ1v) is 6.51. The molecule has 0 radical (unpaired) electrons. The van der Waals surface area contributed by atoms with E-state index in [2.05, 4.69) is 9.88 Å². The average molecular weight is 269 g/mol. The lowest BCUT2D eigenvalue weighted by Crippen LogP contribution is -2.18. The SMILES string of the molecule is CC(=O)c1ccc(N(C)Cc2cccc(C)n2)cc1N. The van der Waals surface area contributed by atoms with Crippen molar-refractivity contribution in [1.29, 1.82) is 0 Å². The van der Waals surface area contributed by atoms with Gasteiger partial charge in [-0.3, -0.25) is 9.78 Å². The van der Waals surface area contributed by atoms with Crippen LogP contribution < -0.4 is 10.6 Å². The van der Waals surface area contributed by atoms with E-state index < -0.39 is 0 Å². The molecule has 0 unspecified atom stereocenters. The number of benzene rings is 1. The van der Waals surface area contributed by atoms with E-state index in [0.717, 1.165) is 17.1 Å². The van der Waals surface area contributed by atoms with E-state index >= 15 is 0 Å². The quantitative estimate of drug-likeness (QED) is 0.685. The maximum atomic E-state index is 11.4. The maximum absolute atomic E-state index is 11.4. The van der Waals surface area contributed by atoms with Crippen molar-refractivity contribution in [2.45, 2.75) is 20.4 Å². The molecule has 0 saturated heterocycles. The predicted molar refractivity (Wildman–Crippen MR) is 81.9 cm³/mol. The van der Waals surface area contributed by atoms with Gasteiger partial charge in [0.2, 0.25) is 0 Å². The number of nitrogens with zero attached hydrogens (tertiary/aromatic N) is 2. The number of Topliss-reactive ketones (excluding diaryl/α,β-unsaturated/α-hetero) is 1. The van der Waals surface area contributed by atoms with Crippen LogP contribution in [0.3, 0.4) is 0 Å². The van der Waals surface area contributed by atoms with E-state index in [-0.39, 0.29) is 5.78 Å². The first-order chi connectivity index (χ1) is 9.47. The second-order valence-corrected chi connectivity index (χ2v) is 4.95. The molecule has 1 heterocycles. The summed E-state index contributed by atoms with van der Waals surface area (Å²) in [5.74, 6) is -0.0166. The van der Waals surface area contributed by atoms with E-state index in [1.807, 2.05) is 44.3 Å². The fraction of sp³-hybridized carbons (Fsp3) is 0.250. The number of rotatable bonds is 4. The number of aromatic nitrogens is 1. The number of carbonyl (C=O) groups excluding carboxylic acids is 1. The molecular weight excluding hydrogens is 250 g/mol. The molecule has 1 aromatic carbocycles. The standard InChI is InChI=1S/C16H19N3O/c1-11-5-4-6-13(18-11)10-19(3)14-7-8-15(12(2)20)16(17)9-14/h4-9H,10,17H2,1-3H3. The highest BCUT2D eigenvalue weighted by molar-refractivity contribution is 5.99. The highest BCUT2D eigenvalue weighted by atomic mass is 16.1. The van der Waals surface area contributed by atoms with Crippen LogP contribution in [0.25, 0.3) is 0 Å². The summed E-state index contributed by atoms with van der Waals surface area (Å²) in [4.78, 5) is 17.9. The number of aryl methyl sites for hydroxylation is 1. The van der Waals surface area contributed by atoms with Gasteiger partial charge in [-0.15, -0.1) is 0 Å². The molecule has 2 rings (SSSR count). The lowest BCUT2D eigenvalue weighted by Gasteiger charge is -2.20. The molecule has 0 bridgehead atoms. The van der Waals surface area contributed by atoms with Crippen molar-refractivity contribution < 1.29 is 4.79 Å². The van der Waals surface area contributed by atoms with Crippen LogP contribution in [0.5, 0.6) is 0 Å². The molecule has 2 N–H and O–H groups in total. The number of hydrogen-bond donors (Lipinski definition) is 1. The van der Waals surface area contributed by atoms with Gasteiger partial charge >= 0.3 is 0 Å². The largest absolute Gasteiger partial charge is 0.398 e. The Labute approximate surface area is 119 Å². The summed E-state index contributed by atoms with van der Waals surface area (Å²) in [5.41, 5.74) is 9.97. The number of anilines is 2. The number of pyridine rings is 1. The molecule has 4 heteroatoms. The monoisotopic (exact) mass is 269 g/mol. The highest BCUT2D eigenvalue weighted by Crippen LogP contribution is 2.22. The van der Waals surface area contributed by atoms with Gasteiger partial charge < -0.3 is 10.6 Å². The Balaban J connectivity index is 2.19. The third-order valence-corrected chi connectivity index (χ3v) is 3.20. The van der Waals surface area contributed by atoms with Crippen LogP contribution in [0.1, 0.15) is 28.7 Å². The summed E-state index contributed by atoms with van der Waals surface area (Å²) in [6.45, 7) is 4.19. The Morgan fingerprint density at radius 2 is 2.05 bits per heavy atom. The highest BCUT2D eigenvalue weighted by Gasteiger charge is 2.08. The molecule has 1 aromatic heterocycles. The molecule has 0 amide bonds. The van der Waals surface area contributed by atoms with E-state index in [9.17, 15) is 4.79 Å². The Morgan fingerprint density at radius 3 is 2.65 bits per heavy atom. The molecule has 0 atom stereocenters. The van der Waals surface area contributed by atoms with Crippen molar-refractivity contribution in [3.05, 3.63) is 53.3 Å². The normalized spacial score (nSPS) is 10.3. The summed E-state index contributed by atoms with van der Waals surface area (Å²) in [7, 11) is 1.98. The second-order valence-electron chi connectivity index (χ2n) is 4.95. The molecule has 0 spiro atoms. The van der Waals surface area contributed by atoms with Crippen LogP contribution in [0.15, 0.2) is 36.4 Å². The molecule has 0 aliphatic heterocycles. The molecule has 0 saturated carbocycles. The van der Waals surface area contributed by atoms with Crippen LogP contribution in [-0.4, -0.2) is 17.8 Å². The maximum Gasteiger partial charge on any atom is 0.161 e. The van der Waals surface area contributed by atoms with E-state index in [1.54, 1.807) is 6.07 Å². The molecule has 2 aromatic rings. The summed E-state index contributed by atoms with van der Waals surface area (Å²) in [6, 6.07) is 11.5. The van der Waals surface area contributed by atoms with Gasteiger partial charge in [0.05, 0.1) is 12.2 Å². The Bertz CT molecular complexity index is 637. The Kier molecular flexibility index (Phi) is 4.03. The van der Waals surface area contributed by atoms with Crippen LogP contribution in [-0.2, 0) is 6.54 Å². The third-order valence-electron chi connectivity index (χ3n) is 3.20. The molecule has 104 valence electrons. The smallest absolute Gasteiger partial charge is 0.161 e. The van der Waals surface area contributed by atoms with Gasteiger partial charge in [-0.1, -0.05) is 6.07 Å². The van der Waals surface area contributed by atoms with Gasteiger partial charge in [0.1, 0.15) is 0 Å². The number of ketones is 1.